The summed E-state index contributed by atoms with van der Waals surface area (Å²) in [5.41, 5.74) is 0.240. The topological polar surface area (TPSA) is 54.0 Å². The Morgan fingerprint density at radius 1 is 1.44 bits per heavy atom. The molecule has 0 saturated heterocycles. The number of aromatic nitrogens is 1. The van der Waals surface area contributed by atoms with Crippen LogP contribution < -0.4 is 10.6 Å². The number of pyridine rings is 1. The van der Waals surface area contributed by atoms with E-state index in [1.807, 2.05) is 27.7 Å². The summed E-state index contributed by atoms with van der Waals surface area (Å²) >= 11 is 0. The minimum Gasteiger partial charge on any atom is -0.370 e. The monoisotopic (exact) mass is 253 g/mol. The molecule has 0 saturated carbocycles. The highest BCUT2D eigenvalue weighted by molar-refractivity contribution is 5.98. The Morgan fingerprint density at radius 3 is 2.67 bits per heavy atom. The Labute approximate surface area is 107 Å². The van der Waals surface area contributed by atoms with Crippen LogP contribution in [0.3, 0.4) is 0 Å². The summed E-state index contributed by atoms with van der Waals surface area (Å²) in [6.45, 7) is 8.46. The molecule has 2 N–H and O–H groups in total. The lowest BCUT2D eigenvalue weighted by Crippen LogP contribution is -2.36. The van der Waals surface area contributed by atoms with Crippen molar-refractivity contribution in [1.29, 1.82) is 0 Å². The number of anilines is 1. The third kappa shape index (κ3) is 3.68. The molecule has 0 aliphatic heterocycles. The molecule has 0 fully saturated rings. The van der Waals surface area contributed by atoms with Crippen molar-refractivity contribution in [3.63, 3.8) is 0 Å². The fourth-order valence-electron chi connectivity index (χ4n) is 1.37. The average Bonchev–Trinajstić information content (AvgIpc) is 2.31. The second-order valence-corrected chi connectivity index (χ2v) is 4.59. The van der Waals surface area contributed by atoms with E-state index in [9.17, 15) is 9.18 Å². The predicted molar refractivity (Wildman–Crippen MR) is 70.1 cm³/mol. The van der Waals surface area contributed by atoms with Gasteiger partial charge in [-0.2, -0.15) is 0 Å². The molecule has 1 amide bonds. The van der Waals surface area contributed by atoms with E-state index >= 15 is 0 Å². The van der Waals surface area contributed by atoms with Crippen molar-refractivity contribution >= 4 is 11.7 Å². The number of rotatable bonds is 5. The fraction of sp³-hybridized carbons (Fsp3) is 0.538. The highest BCUT2D eigenvalue weighted by atomic mass is 19.1. The highest BCUT2D eigenvalue weighted by Crippen LogP contribution is 2.14. The number of hydrogen-bond acceptors (Lipinski definition) is 3. The molecule has 0 radical (unpaired) electrons. The second kappa shape index (κ2) is 6.33. The lowest BCUT2D eigenvalue weighted by atomic mass is 10.1. The first-order valence-electron chi connectivity index (χ1n) is 6.16. The third-order valence-electron chi connectivity index (χ3n) is 2.80. The highest BCUT2D eigenvalue weighted by Gasteiger charge is 2.17. The molecule has 1 unspecified atom stereocenters. The number of nitrogens with one attached hydrogen (secondary N) is 2. The van der Waals surface area contributed by atoms with Gasteiger partial charge in [0.05, 0.1) is 11.8 Å². The second-order valence-electron chi connectivity index (χ2n) is 4.59. The Bertz CT molecular complexity index is 421. The Balaban J connectivity index is 2.92. The standard InChI is InChI=1S/C13H20FN3O/c1-5-15-12-11(6-10(14)7-16-12)13(18)17-9(4)8(2)3/h6-9H,5H2,1-4H3,(H,15,16)(H,17,18). The van der Waals surface area contributed by atoms with Crippen LogP contribution in [0.15, 0.2) is 12.3 Å². The van der Waals surface area contributed by atoms with Crippen molar-refractivity contribution in [1.82, 2.24) is 10.3 Å². The molecule has 0 aromatic carbocycles. The number of hydrogen-bond donors (Lipinski definition) is 2. The van der Waals surface area contributed by atoms with Crippen molar-refractivity contribution in [3.05, 3.63) is 23.6 Å². The summed E-state index contributed by atoms with van der Waals surface area (Å²) in [5, 5.41) is 5.78. The summed E-state index contributed by atoms with van der Waals surface area (Å²) in [4.78, 5) is 15.9. The first-order chi connectivity index (χ1) is 8.45. The summed E-state index contributed by atoms with van der Waals surface area (Å²) in [6.07, 6.45) is 1.10. The van der Waals surface area contributed by atoms with Gasteiger partial charge in [0.1, 0.15) is 11.6 Å². The van der Waals surface area contributed by atoms with Gasteiger partial charge in [-0.3, -0.25) is 4.79 Å². The van der Waals surface area contributed by atoms with E-state index in [4.69, 9.17) is 0 Å². The maximum absolute atomic E-state index is 13.2. The molecule has 5 heteroatoms. The Morgan fingerprint density at radius 2 is 2.11 bits per heavy atom. The largest absolute Gasteiger partial charge is 0.370 e. The van der Waals surface area contributed by atoms with Crippen LogP contribution in [0.5, 0.6) is 0 Å². The quantitative estimate of drug-likeness (QED) is 0.847. The molecular formula is C13H20FN3O. The molecular weight excluding hydrogens is 233 g/mol. The maximum Gasteiger partial charge on any atom is 0.255 e. The number of nitrogens with zero attached hydrogens (tertiary/aromatic N) is 1. The van der Waals surface area contributed by atoms with E-state index in [2.05, 4.69) is 15.6 Å². The first-order valence-corrected chi connectivity index (χ1v) is 6.16. The lowest BCUT2D eigenvalue weighted by molar-refractivity contribution is 0.0930. The smallest absolute Gasteiger partial charge is 0.255 e. The van der Waals surface area contributed by atoms with E-state index in [-0.39, 0.29) is 17.5 Å². The molecule has 0 aliphatic rings. The van der Waals surface area contributed by atoms with Crippen molar-refractivity contribution < 1.29 is 9.18 Å². The van der Waals surface area contributed by atoms with Gasteiger partial charge in [0, 0.05) is 12.6 Å². The molecule has 4 nitrogen and oxygen atoms in total. The zero-order chi connectivity index (χ0) is 13.7. The molecule has 18 heavy (non-hydrogen) atoms. The zero-order valence-corrected chi connectivity index (χ0v) is 11.2. The van der Waals surface area contributed by atoms with Gasteiger partial charge in [-0.1, -0.05) is 13.8 Å². The van der Waals surface area contributed by atoms with Gasteiger partial charge < -0.3 is 10.6 Å². The normalized spacial score (nSPS) is 12.3. The molecule has 0 bridgehead atoms. The number of halogens is 1. The predicted octanol–water partition coefficient (Wildman–Crippen LogP) is 2.43. The van der Waals surface area contributed by atoms with E-state index in [0.717, 1.165) is 6.20 Å². The van der Waals surface area contributed by atoms with Crippen molar-refractivity contribution in [2.45, 2.75) is 33.7 Å². The van der Waals surface area contributed by atoms with E-state index < -0.39 is 5.82 Å². The van der Waals surface area contributed by atoms with E-state index in [1.54, 1.807) is 0 Å². The van der Waals surface area contributed by atoms with Gasteiger partial charge in [-0.05, 0) is 25.8 Å². The zero-order valence-electron chi connectivity index (χ0n) is 11.2. The maximum atomic E-state index is 13.2. The van der Waals surface area contributed by atoms with Gasteiger partial charge >= 0.3 is 0 Å². The number of carbonyl (C=O) groups is 1. The van der Waals surface area contributed by atoms with Crippen molar-refractivity contribution in [3.8, 4) is 0 Å². The Kier molecular flexibility index (Phi) is 5.07. The molecule has 0 aliphatic carbocycles. The van der Waals surface area contributed by atoms with Crippen LogP contribution in [0.1, 0.15) is 38.1 Å². The SMILES string of the molecule is CCNc1ncc(F)cc1C(=O)NC(C)C(C)C. The minimum absolute atomic E-state index is 0.0234. The lowest BCUT2D eigenvalue weighted by Gasteiger charge is -2.18. The molecule has 1 atom stereocenters. The molecule has 0 spiro atoms. The van der Waals surface area contributed by atoms with Gasteiger partial charge in [0.2, 0.25) is 0 Å². The Hall–Kier alpha value is -1.65. The van der Waals surface area contributed by atoms with Crippen molar-refractivity contribution in [2.24, 2.45) is 5.92 Å². The number of carbonyl (C=O) groups excluding carboxylic acids is 1. The van der Waals surface area contributed by atoms with Gasteiger partial charge in [0.15, 0.2) is 0 Å². The van der Waals surface area contributed by atoms with Crippen LogP contribution in [-0.2, 0) is 0 Å². The van der Waals surface area contributed by atoms with Crippen LogP contribution in [0.2, 0.25) is 0 Å². The summed E-state index contributed by atoms with van der Waals surface area (Å²) < 4.78 is 13.2. The fourth-order valence-corrected chi connectivity index (χ4v) is 1.37. The van der Waals surface area contributed by atoms with Crippen LogP contribution in [0.4, 0.5) is 10.2 Å². The first kappa shape index (κ1) is 14.4. The third-order valence-corrected chi connectivity index (χ3v) is 2.80. The van der Waals surface area contributed by atoms with Gasteiger partial charge in [-0.15, -0.1) is 0 Å². The molecule has 100 valence electrons. The molecule has 1 aromatic rings. The molecule has 1 heterocycles. The van der Waals surface area contributed by atoms with Gasteiger partial charge in [0.25, 0.3) is 5.91 Å². The minimum atomic E-state index is -0.515. The molecule has 1 rings (SSSR count). The van der Waals surface area contributed by atoms with Crippen molar-refractivity contribution in [2.75, 3.05) is 11.9 Å². The summed E-state index contributed by atoms with van der Waals surface area (Å²) in [5.74, 6) is -0.0939. The average molecular weight is 253 g/mol. The van der Waals surface area contributed by atoms with Crippen LogP contribution in [-0.4, -0.2) is 23.5 Å². The summed E-state index contributed by atoms with van der Waals surface area (Å²) in [6, 6.07) is 1.23. The van der Waals surface area contributed by atoms with Crippen LogP contribution >= 0.6 is 0 Å². The molecule has 1 aromatic heterocycles. The van der Waals surface area contributed by atoms with E-state index in [1.165, 1.54) is 6.07 Å². The summed E-state index contributed by atoms with van der Waals surface area (Å²) in [7, 11) is 0. The van der Waals surface area contributed by atoms with Gasteiger partial charge in [-0.25, -0.2) is 9.37 Å². The van der Waals surface area contributed by atoms with Crippen LogP contribution in [0, 0.1) is 11.7 Å². The number of amides is 1. The van der Waals surface area contributed by atoms with E-state index in [0.29, 0.717) is 18.3 Å². The van der Waals surface area contributed by atoms with Crippen LogP contribution in [0.25, 0.3) is 0 Å².